The summed E-state index contributed by atoms with van der Waals surface area (Å²) < 4.78 is 38.0. The van der Waals surface area contributed by atoms with Crippen LogP contribution >= 0.6 is 0 Å². The van der Waals surface area contributed by atoms with Gasteiger partial charge >= 0.3 is 12.3 Å². The molecule has 92 valence electrons. The fraction of sp³-hybridized carbons (Fsp3) is 0.364. The minimum atomic E-state index is -4.45. The van der Waals surface area contributed by atoms with E-state index in [1.807, 2.05) is 0 Å². The molecular formula is C11H10F3NO2. The van der Waals surface area contributed by atoms with Crippen LogP contribution in [0.3, 0.4) is 0 Å². The molecule has 6 heteroatoms. The molecule has 2 rings (SSSR count). The standard InChI is InChI=1S/C11H10F3NO2/c1-6-4-7-2-3-15(10(16)17)9(7)5-8(6)11(12,13)14/h4-5H,2-3H2,1H3,(H,16,17). The SMILES string of the molecule is Cc1cc2c(cc1C(F)(F)F)N(C(=O)O)CC2. The molecule has 1 heterocycles. The van der Waals surface area contributed by atoms with Crippen LogP contribution in [0.15, 0.2) is 12.1 Å². The second-order valence-corrected chi connectivity index (χ2v) is 3.98. The van der Waals surface area contributed by atoms with Crippen molar-refractivity contribution in [1.82, 2.24) is 0 Å². The van der Waals surface area contributed by atoms with Crippen LogP contribution in [0.1, 0.15) is 16.7 Å². The molecule has 0 radical (unpaired) electrons. The van der Waals surface area contributed by atoms with Crippen molar-refractivity contribution in [3.8, 4) is 0 Å². The number of carbonyl (C=O) groups is 1. The first-order valence-corrected chi connectivity index (χ1v) is 5.02. The predicted octanol–water partition coefficient (Wildman–Crippen LogP) is 3.05. The zero-order valence-electron chi connectivity index (χ0n) is 9.01. The van der Waals surface area contributed by atoms with E-state index in [-0.39, 0.29) is 17.8 Å². The maximum Gasteiger partial charge on any atom is 0.416 e. The van der Waals surface area contributed by atoms with E-state index in [9.17, 15) is 18.0 Å². The number of anilines is 1. The fourth-order valence-corrected chi connectivity index (χ4v) is 2.06. The van der Waals surface area contributed by atoms with E-state index < -0.39 is 17.8 Å². The van der Waals surface area contributed by atoms with Crippen LogP contribution in [0, 0.1) is 6.92 Å². The first kappa shape index (κ1) is 11.8. The van der Waals surface area contributed by atoms with Gasteiger partial charge in [0.2, 0.25) is 0 Å². The van der Waals surface area contributed by atoms with Crippen molar-refractivity contribution in [3.05, 3.63) is 28.8 Å². The molecule has 1 amide bonds. The van der Waals surface area contributed by atoms with Gasteiger partial charge < -0.3 is 5.11 Å². The first-order valence-electron chi connectivity index (χ1n) is 5.02. The lowest BCUT2D eigenvalue weighted by Gasteiger charge is -2.16. The molecule has 1 aliphatic heterocycles. The van der Waals surface area contributed by atoms with Crippen LogP contribution in [0.4, 0.5) is 23.7 Å². The topological polar surface area (TPSA) is 40.5 Å². The smallest absolute Gasteiger partial charge is 0.416 e. The molecule has 1 aromatic rings. The third kappa shape index (κ3) is 1.94. The number of nitrogens with zero attached hydrogens (tertiary/aromatic N) is 1. The van der Waals surface area contributed by atoms with E-state index in [0.29, 0.717) is 12.0 Å². The molecular weight excluding hydrogens is 235 g/mol. The third-order valence-corrected chi connectivity index (χ3v) is 2.86. The Kier molecular flexibility index (Phi) is 2.52. The maximum atomic E-state index is 12.7. The number of carboxylic acid groups (broad SMARTS) is 1. The largest absolute Gasteiger partial charge is 0.465 e. The van der Waals surface area contributed by atoms with Gasteiger partial charge in [0, 0.05) is 6.54 Å². The quantitative estimate of drug-likeness (QED) is 0.763. The van der Waals surface area contributed by atoms with Gasteiger partial charge in [-0.3, -0.25) is 4.90 Å². The summed E-state index contributed by atoms with van der Waals surface area (Å²) in [5, 5.41) is 8.87. The number of rotatable bonds is 0. The highest BCUT2D eigenvalue weighted by atomic mass is 19.4. The maximum absolute atomic E-state index is 12.7. The number of benzene rings is 1. The predicted molar refractivity (Wildman–Crippen MR) is 55.3 cm³/mol. The lowest BCUT2D eigenvalue weighted by Crippen LogP contribution is -2.27. The van der Waals surface area contributed by atoms with Crippen LogP contribution in [-0.2, 0) is 12.6 Å². The molecule has 0 atom stereocenters. The number of alkyl halides is 3. The molecule has 1 aliphatic rings. The summed E-state index contributed by atoms with van der Waals surface area (Å²) in [5.41, 5.74) is 0.154. The second kappa shape index (κ2) is 3.65. The van der Waals surface area contributed by atoms with Gasteiger partial charge in [-0.1, -0.05) is 6.07 Å². The van der Waals surface area contributed by atoms with E-state index in [0.717, 1.165) is 11.0 Å². The summed E-state index contributed by atoms with van der Waals surface area (Å²) in [6.07, 6.45) is -5.22. The highest BCUT2D eigenvalue weighted by Crippen LogP contribution is 2.38. The fourth-order valence-electron chi connectivity index (χ4n) is 2.06. The summed E-state index contributed by atoms with van der Waals surface area (Å²) in [6, 6.07) is 2.34. The molecule has 1 N–H and O–H groups in total. The molecule has 0 spiro atoms. The lowest BCUT2D eigenvalue weighted by atomic mass is 10.0. The highest BCUT2D eigenvalue weighted by molar-refractivity contribution is 5.89. The van der Waals surface area contributed by atoms with Crippen molar-refractivity contribution in [2.24, 2.45) is 0 Å². The number of amides is 1. The minimum Gasteiger partial charge on any atom is -0.465 e. The van der Waals surface area contributed by atoms with E-state index in [1.165, 1.54) is 13.0 Å². The van der Waals surface area contributed by atoms with Crippen molar-refractivity contribution in [1.29, 1.82) is 0 Å². The van der Waals surface area contributed by atoms with Gasteiger partial charge in [-0.25, -0.2) is 4.79 Å². The van der Waals surface area contributed by atoms with E-state index >= 15 is 0 Å². The second-order valence-electron chi connectivity index (χ2n) is 3.98. The van der Waals surface area contributed by atoms with Crippen molar-refractivity contribution >= 4 is 11.8 Å². The molecule has 17 heavy (non-hydrogen) atoms. The van der Waals surface area contributed by atoms with Gasteiger partial charge in [-0.2, -0.15) is 13.2 Å². The van der Waals surface area contributed by atoms with Gasteiger partial charge in [0.15, 0.2) is 0 Å². The van der Waals surface area contributed by atoms with E-state index in [1.54, 1.807) is 0 Å². The van der Waals surface area contributed by atoms with Crippen LogP contribution in [-0.4, -0.2) is 17.7 Å². The number of halogens is 3. The van der Waals surface area contributed by atoms with Gasteiger partial charge in [0.05, 0.1) is 11.3 Å². The molecule has 0 fully saturated rings. The van der Waals surface area contributed by atoms with Gasteiger partial charge in [-0.15, -0.1) is 0 Å². The van der Waals surface area contributed by atoms with Crippen LogP contribution < -0.4 is 4.90 Å². The Morgan fingerprint density at radius 2 is 2.06 bits per heavy atom. The Labute approximate surface area is 95.5 Å². The monoisotopic (exact) mass is 245 g/mol. The number of hydrogen-bond donors (Lipinski definition) is 1. The molecule has 1 aromatic carbocycles. The van der Waals surface area contributed by atoms with Crippen molar-refractivity contribution in [2.45, 2.75) is 19.5 Å². The Hall–Kier alpha value is -1.72. The summed E-state index contributed by atoms with van der Waals surface area (Å²) in [4.78, 5) is 11.8. The van der Waals surface area contributed by atoms with E-state index in [2.05, 4.69) is 0 Å². The number of hydrogen-bond acceptors (Lipinski definition) is 1. The van der Waals surface area contributed by atoms with Gasteiger partial charge in [-0.05, 0) is 30.5 Å². The molecule has 0 saturated carbocycles. The number of aryl methyl sites for hydroxylation is 1. The normalized spacial score (nSPS) is 14.9. The van der Waals surface area contributed by atoms with Crippen molar-refractivity contribution in [2.75, 3.05) is 11.4 Å². The molecule has 0 bridgehead atoms. The van der Waals surface area contributed by atoms with Gasteiger partial charge in [0.1, 0.15) is 0 Å². The van der Waals surface area contributed by atoms with Gasteiger partial charge in [0.25, 0.3) is 0 Å². The van der Waals surface area contributed by atoms with Crippen LogP contribution in [0.2, 0.25) is 0 Å². The molecule has 3 nitrogen and oxygen atoms in total. The number of fused-ring (bicyclic) bond motifs is 1. The van der Waals surface area contributed by atoms with Crippen molar-refractivity contribution < 1.29 is 23.1 Å². The van der Waals surface area contributed by atoms with E-state index in [4.69, 9.17) is 5.11 Å². The molecule has 0 aliphatic carbocycles. The summed E-state index contributed by atoms with van der Waals surface area (Å²) in [7, 11) is 0. The minimum absolute atomic E-state index is 0.128. The summed E-state index contributed by atoms with van der Waals surface area (Å²) in [6.45, 7) is 1.60. The van der Waals surface area contributed by atoms with Crippen molar-refractivity contribution in [3.63, 3.8) is 0 Å². The lowest BCUT2D eigenvalue weighted by molar-refractivity contribution is -0.138. The average Bonchev–Trinajstić information content (AvgIpc) is 2.57. The Bertz CT molecular complexity index is 482. The summed E-state index contributed by atoms with van der Waals surface area (Å²) in [5.74, 6) is 0. The molecule has 0 aromatic heterocycles. The molecule has 0 saturated heterocycles. The molecule has 0 unspecified atom stereocenters. The Balaban J connectivity index is 2.55. The average molecular weight is 245 g/mol. The highest BCUT2D eigenvalue weighted by Gasteiger charge is 2.35. The zero-order chi connectivity index (χ0) is 12.8. The third-order valence-electron chi connectivity index (χ3n) is 2.86. The van der Waals surface area contributed by atoms with Crippen LogP contribution in [0.5, 0.6) is 0 Å². The summed E-state index contributed by atoms with van der Waals surface area (Å²) >= 11 is 0. The van der Waals surface area contributed by atoms with Crippen LogP contribution in [0.25, 0.3) is 0 Å². The Morgan fingerprint density at radius 1 is 1.41 bits per heavy atom. The zero-order valence-corrected chi connectivity index (χ0v) is 9.01. The Morgan fingerprint density at radius 3 is 2.59 bits per heavy atom. The first-order chi connectivity index (χ1) is 7.80.